The molecule has 0 bridgehead atoms. The van der Waals surface area contributed by atoms with Crippen molar-refractivity contribution in [3.8, 4) is 0 Å². The van der Waals surface area contributed by atoms with Gasteiger partial charge in [0.05, 0.1) is 5.69 Å². The molecule has 20 heavy (non-hydrogen) atoms. The van der Waals surface area contributed by atoms with Crippen molar-refractivity contribution in [1.82, 2.24) is 5.32 Å². The smallest absolute Gasteiger partial charge is 0.315 e. The predicted molar refractivity (Wildman–Crippen MR) is 66.9 cm³/mol. The number of urea groups is 1. The first-order valence-corrected chi connectivity index (χ1v) is 6.01. The van der Waals surface area contributed by atoms with Crippen molar-refractivity contribution in [2.75, 3.05) is 4.90 Å². The van der Waals surface area contributed by atoms with Crippen molar-refractivity contribution in [2.24, 2.45) is 0 Å². The number of halogens is 5. The van der Waals surface area contributed by atoms with E-state index in [4.69, 9.17) is 23.2 Å². The van der Waals surface area contributed by atoms with Crippen LogP contribution >= 0.6 is 23.2 Å². The highest BCUT2D eigenvalue weighted by molar-refractivity contribution is 6.35. The molecule has 0 spiro atoms. The lowest BCUT2D eigenvalue weighted by molar-refractivity contribution is -0.187. The van der Waals surface area contributed by atoms with E-state index < -0.39 is 23.7 Å². The first-order valence-electron chi connectivity index (χ1n) is 5.26. The Morgan fingerprint density at radius 3 is 2.05 bits per heavy atom. The largest absolute Gasteiger partial charge is 0.420 e. The average molecular weight is 327 g/mol. The number of rotatable bonds is 1. The molecule has 0 saturated carbocycles. The number of anilines is 1. The summed E-state index contributed by atoms with van der Waals surface area (Å²) in [5, 5.41) is 1.82. The summed E-state index contributed by atoms with van der Waals surface area (Å²) < 4.78 is 38.7. The van der Waals surface area contributed by atoms with Gasteiger partial charge in [0.1, 0.15) is 0 Å². The van der Waals surface area contributed by atoms with Crippen LogP contribution in [0.3, 0.4) is 0 Å². The summed E-state index contributed by atoms with van der Waals surface area (Å²) in [6.45, 7) is 0.597. The third-order valence-corrected chi connectivity index (χ3v) is 3.30. The van der Waals surface area contributed by atoms with Crippen LogP contribution in [0.1, 0.15) is 6.92 Å². The topological polar surface area (TPSA) is 49.4 Å². The van der Waals surface area contributed by atoms with Gasteiger partial charge in [-0.3, -0.25) is 4.79 Å². The van der Waals surface area contributed by atoms with Crippen LogP contribution in [-0.2, 0) is 4.79 Å². The number of benzene rings is 1. The SMILES string of the molecule is CC1(C(F)(F)F)NC(=O)N(c2cc(Cl)cc(Cl)c2)C1=O. The van der Waals surface area contributed by atoms with Crippen LogP contribution in [0, 0.1) is 0 Å². The van der Waals surface area contributed by atoms with Crippen LogP contribution in [0.25, 0.3) is 0 Å². The Morgan fingerprint density at radius 2 is 1.65 bits per heavy atom. The van der Waals surface area contributed by atoms with E-state index in [2.05, 4.69) is 0 Å². The Hall–Kier alpha value is -1.47. The third kappa shape index (κ3) is 2.20. The van der Waals surface area contributed by atoms with Gasteiger partial charge in [-0.05, 0) is 25.1 Å². The third-order valence-electron chi connectivity index (χ3n) is 2.86. The maximum atomic E-state index is 12.9. The standard InChI is InChI=1S/C11H7Cl2F3N2O2/c1-10(11(14,15)16)8(19)18(9(20)17-10)7-3-5(12)2-6(13)4-7/h2-4H,1H3,(H,17,20). The van der Waals surface area contributed by atoms with Crippen molar-refractivity contribution in [3.63, 3.8) is 0 Å². The summed E-state index contributed by atoms with van der Waals surface area (Å²) in [6.07, 6.45) is -4.92. The van der Waals surface area contributed by atoms with Crippen LogP contribution in [0.5, 0.6) is 0 Å². The minimum absolute atomic E-state index is 0.0914. The van der Waals surface area contributed by atoms with Gasteiger partial charge in [-0.15, -0.1) is 0 Å². The molecule has 0 aromatic heterocycles. The quantitative estimate of drug-likeness (QED) is 0.804. The van der Waals surface area contributed by atoms with E-state index in [9.17, 15) is 22.8 Å². The van der Waals surface area contributed by atoms with E-state index in [1.165, 1.54) is 18.2 Å². The minimum Gasteiger partial charge on any atom is -0.315 e. The summed E-state index contributed by atoms with van der Waals surface area (Å²) in [4.78, 5) is 24.0. The average Bonchev–Trinajstić information content (AvgIpc) is 2.48. The molecule has 1 aromatic carbocycles. The predicted octanol–water partition coefficient (Wildman–Crippen LogP) is 3.37. The van der Waals surface area contributed by atoms with E-state index >= 15 is 0 Å². The first kappa shape index (κ1) is 14.9. The molecule has 0 aliphatic carbocycles. The molecule has 1 aliphatic rings. The molecule has 1 fully saturated rings. The van der Waals surface area contributed by atoms with Gasteiger partial charge in [0, 0.05) is 10.0 Å². The van der Waals surface area contributed by atoms with Crippen molar-refractivity contribution in [1.29, 1.82) is 0 Å². The minimum atomic E-state index is -4.92. The molecule has 4 nitrogen and oxygen atoms in total. The highest BCUT2D eigenvalue weighted by Crippen LogP contribution is 2.38. The van der Waals surface area contributed by atoms with Crippen molar-refractivity contribution in [2.45, 2.75) is 18.6 Å². The fourth-order valence-electron chi connectivity index (χ4n) is 1.73. The molecule has 1 aromatic rings. The summed E-state index contributed by atoms with van der Waals surface area (Å²) in [5.41, 5.74) is -3.10. The summed E-state index contributed by atoms with van der Waals surface area (Å²) in [7, 11) is 0. The number of carbonyl (C=O) groups is 2. The number of carbonyl (C=O) groups excluding carboxylic acids is 2. The van der Waals surface area contributed by atoms with Crippen molar-refractivity contribution >= 4 is 40.8 Å². The molecule has 3 amide bonds. The zero-order valence-electron chi connectivity index (χ0n) is 9.89. The van der Waals surface area contributed by atoms with E-state index in [0.717, 1.165) is 0 Å². The fraction of sp³-hybridized carbons (Fsp3) is 0.273. The van der Waals surface area contributed by atoms with Gasteiger partial charge in [-0.2, -0.15) is 13.2 Å². The van der Waals surface area contributed by atoms with Gasteiger partial charge in [0.15, 0.2) is 0 Å². The molecule has 1 N–H and O–H groups in total. The lowest BCUT2D eigenvalue weighted by atomic mass is 10.0. The summed E-state index contributed by atoms with van der Waals surface area (Å²) in [6, 6.07) is 2.49. The summed E-state index contributed by atoms with van der Waals surface area (Å²) in [5.74, 6) is -1.44. The second-order valence-electron chi connectivity index (χ2n) is 4.32. The number of hydrogen-bond acceptors (Lipinski definition) is 2. The van der Waals surface area contributed by atoms with E-state index in [-0.39, 0.29) is 15.7 Å². The number of nitrogens with zero attached hydrogens (tertiary/aromatic N) is 1. The van der Waals surface area contributed by atoms with E-state index in [0.29, 0.717) is 11.8 Å². The molecular weight excluding hydrogens is 320 g/mol. The van der Waals surface area contributed by atoms with Crippen molar-refractivity contribution in [3.05, 3.63) is 28.2 Å². The van der Waals surface area contributed by atoms with Gasteiger partial charge in [0.2, 0.25) is 5.54 Å². The molecule has 1 heterocycles. The summed E-state index contributed by atoms with van der Waals surface area (Å²) >= 11 is 11.4. The zero-order chi connectivity index (χ0) is 15.3. The fourth-order valence-corrected chi connectivity index (χ4v) is 2.25. The van der Waals surface area contributed by atoms with Crippen LogP contribution in [0.2, 0.25) is 10.0 Å². The highest BCUT2D eigenvalue weighted by Gasteiger charge is 2.64. The molecule has 108 valence electrons. The van der Waals surface area contributed by atoms with Gasteiger partial charge >= 0.3 is 12.2 Å². The van der Waals surface area contributed by atoms with Crippen LogP contribution < -0.4 is 10.2 Å². The second kappa shape index (κ2) is 4.53. The molecule has 1 saturated heterocycles. The Morgan fingerprint density at radius 1 is 1.15 bits per heavy atom. The molecule has 2 rings (SSSR count). The van der Waals surface area contributed by atoms with Crippen LogP contribution in [-0.4, -0.2) is 23.7 Å². The highest BCUT2D eigenvalue weighted by atomic mass is 35.5. The van der Waals surface area contributed by atoms with Gasteiger partial charge in [-0.25, -0.2) is 9.69 Å². The number of imide groups is 1. The Labute approximate surface area is 121 Å². The van der Waals surface area contributed by atoms with Crippen molar-refractivity contribution < 1.29 is 22.8 Å². The Balaban J connectivity index is 2.49. The lowest BCUT2D eigenvalue weighted by Gasteiger charge is -2.24. The Kier molecular flexibility index (Phi) is 3.38. The Bertz CT molecular complexity index is 586. The molecule has 1 atom stereocenters. The van der Waals surface area contributed by atoms with Crippen LogP contribution in [0.15, 0.2) is 18.2 Å². The molecule has 9 heteroatoms. The van der Waals surface area contributed by atoms with Gasteiger partial charge < -0.3 is 5.32 Å². The van der Waals surface area contributed by atoms with E-state index in [1.807, 2.05) is 0 Å². The number of amides is 3. The number of hydrogen-bond donors (Lipinski definition) is 1. The molecular formula is C11H7Cl2F3N2O2. The maximum absolute atomic E-state index is 12.9. The first-order chi connectivity index (χ1) is 9.06. The zero-order valence-corrected chi connectivity index (χ0v) is 11.4. The molecule has 0 radical (unpaired) electrons. The molecule has 1 aliphatic heterocycles. The monoisotopic (exact) mass is 326 g/mol. The number of nitrogens with one attached hydrogen (secondary N) is 1. The number of alkyl halides is 3. The molecule has 1 unspecified atom stereocenters. The lowest BCUT2D eigenvalue weighted by Crippen LogP contribution is -2.56. The van der Waals surface area contributed by atoms with E-state index in [1.54, 1.807) is 5.32 Å². The normalized spacial score (nSPS) is 23.2. The maximum Gasteiger partial charge on any atom is 0.420 e. The van der Waals surface area contributed by atoms with Crippen LogP contribution in [0.4, 0.5) is 23.7 Å². The van der Waals surface area contributed by atoms with Gasteiger partial charge in [-0.1, -0.05) is 23.2 Å². The van der Waals surface area contributed by atoms with Gasteiger partial charge in [0.25, 0.3) is 5.91 Å². The second-order valence-corrected chi connectivity index (χ2v) is 5.19.